The SMILES string of the molecule is Cc1ccc(NC2=C(C(=O)c3ccccc3)C(c3ccccc3)N(CC(=O)O)C2=O)cc1. The molecule has 0 saturated carbocycles. The Morgan fingerprint density at radius 1 is 0.906 bits per heavy atom. The summed E-state index contributed by atoms with van der Waals surface area (Å²) in [6.45, 7) is 1.43. The first-order valence-electron chi connectivity index (χ1n) is 10.2. The molecule has 1 atom stereocenters. The van der Waals surface area contributed by atoms with Crippen molar-refractivity contribution in [1.82, 2.24) is 4.90 Å². The Labute approximate surface area is 185 Å². The number of rotatable bonds is 7. The van der Waals surface area contributed by atoms with E-state index in [1.165, 1.54) is 4.90 Å². The molecule has 0 spiro atoms. The van der Waals surface area contributed by atoms with E-state index in [9.17, 15) is 19.5 Å². The number of amides is 1. The summed E-state index contributed by atoms with van der Waals surface area (Å²) in [6, 6.07) is 24.3. The topological polar surface area (TPSA) is 86.7 Å². The number of nitrogens with one attached hydrogen (secondary N) is 1. The summed E-state index contributed by atoms with van der Waals surface area (Å²) in [4.78, 5) is 39.9. The molecule has 32 heavy (non-hydrogen) atoms. The molecule has 1 amide bonds. The maximum absolute atomic E-state index is 13.6. The highest BCUT2D eigenvalue weighted by Crippen LogP contribution is 2.40. The van der Waals surface area contributed by atoms with Crippen molar-refractivity contribution in [3.63, 3.8) is 0 Å². The van der Waals surface area contributed by atoms with Gasteiger partial charge in [0.15, 0.2) is 5.78 Å². The fraction of sp³-hybridized carbons (Fsp3) is 0.115. The van der Waals surface area contributed by atoms with E-state index in [1.54, 1.807) is 48.5 Å². The van der Waals surface area contributed by atoms with Gasteiger partial charge in [-0.25, -0.2) is 0 Å². The second-order valence-corrected chi connectivity index (χ2v) is 7.61. The highest BCUT2D eigenvalue weighted by molar-refractivity contribution is 6.18. The number of carbonyl (C=O) groups excluding carboxylic acids is 2. The van der Waals surface area contributed by atoms with Crippen LogP contribution in [-0.2, 0) is 9.59 Å². The molecule has 0 radical (unpaired) electrons. The highest BCUT2D eigenvalue weighted by Gasteiger charge is 2.44. The number of carboxylic acid groups (broad SMARTS) is 1. The molecule has 0 saturated heterocycles. The summed E-state index contributed by atoms with van der Waals surface area (Å²) in [6.07, 6.45) is 0. The number of hydrogen-bond acceptors (Lipinski definition) is 4. The van der Waals surface area contributed by atoms with Crippen LogP contribution in [0.2, 0.25) is 0 Å². The lowest BCUT2D eigenvalue weighted by molar-refractivity contribution is -0.143. The third kappa shape index (κ3) is 4.16. The minimum absolute atomic E-state index is 0.0952. The van der Waals surface area contributed by atoms with E-state index in [0.717, 1.165) is 5.56 Å². The van der Waals surface area contributed by atoms with Crippen LogP contribution in [0.25, 0.3) is 0 Å². The quantitative estimate of drug-likeness (QED) is 0.553. The maximum atomic E-state index is 13.6. The third-order valence-electron chi connectivity index (χ3n) is 5.35. The number of ketones is 1. The van der Waals surface area contributed by atoms with Gasteiger partial charge in [-0.3, -0.25) is 14.4 Å². The number of Topliss-reactive ketones (excluding diaryl/α,β-unsaturated/α-hetero) is 1. The van der Waals surface area contributed by atoms with Crippen LogP contribution in [0.3, 0.4) is 0 Å². The zero-order valence-corrected chi connectivity index (χ0v) is 17.5. The Hall–Kier alpha value is -4.19. The standard InChI is InChI=1S/C26H22N2O4/c1-17-12-14-20(15-13-17)27-23-22(25(31)19-10-6-3-7-11-19)24(18-8-4-2-5-9-18)28(26(23)32)16-21(29)30/h2-15,24,27H,16H2,1H3,(H,29,30). The smallest absolute Gasteiger partial charge is 0.323 e. The number of anilines is 1. The van der Waals surface area contributed by atoms with Gasteiger partial charge in [0, 0.05) is 11.3 Å². The zero-order valence-electron chi connectivity index (χ0n) is 17.5. The van der Waals surface area contributed by atoms with Gasteiger partial charge in [0.1, 0.15) is 12.2 Å². The molecule has 1 heterocycles. The van der Waals surface area contributed by atoms with E-state index in [0.29, 0.717) is 16.8 Å². The molecule has 6 heteroatoms. The summed E-state index contributed by atoms with van der Waals surface area (Å²) in [7, 11) is 0. The van der Waals surface area contributed by atoms with Gasteiger partial charge in [-0.1, -0.05) is 78.4 Å². The van der Waals surface area contributed by atoms with Gasteiger partial charge in [0.05, 0.1) is 11.6 Å². The molecule has 1 aliphatic rings. The second kappa shape index (κ2) is 8.89. The number of benzene rings is 3. The summed E-state index contributed by atoms with van der Waals surface area (Å²) in [5.74, 6) is -2.00. The van der Waals surface area contributed by atoms with E-state index in [4.69, 9.17) is 0 Å². The van der Waals surface area contributed by atoms with Gasteiger partial charge >= 0.3 is 5.97 Å². The molecular weight excluding hydrogens is 404 g/mol. The fourth-order valence-corrected chi connectivity index (χ4v) is 3.84. The van der Waals surface area contributed by atoms with Crippen LogP contribution < -0.4 is 5.32 Å². The van der Waals surface area contributed by atoms with Gasteiger partial charge in [0.2, 0.25) is 0 Å². The van der Waals surface area contributed by atoms with E-state index in [-0.39, 0.29) is 17.1 Å². The van der Waals surface area contributed by atoms with Crippen LogP contribution in [0.5, 0.6) is 0 Å². The molecule has 0 aliphatic carbocycles. The fourth-order valence-electron chi connectivity index (χ4n) is 3.84. The Kier molecular flexibility index (Phi) is 5.85. The molecule has 0 aromatic heterocycles. The van der Waals surface area contributed by atoms with Crippen LogP contribution in [0.1, 0.15) is 27.5 Å². The molecule has 1 aliphatic heterocycles. The van der Waals surface area contributed by atoms with Gasteiger partial charge in [-0.05, 0) is 24.6 Å². The predicted molar refractivity (Wildman–Crippen MR) is 121 cm³/mol. The van der Waals surface area contributed by atoms with Gasteiger partial charge < -0.3 is 15.3 Å². The molecule has 0 bridgehead atoms. The van der Waals surface area contributed by atoms with E-state index in [1.807, 2.05) is 43.3 Å². The second-order valence-electron chi connectivity index (χ2n) is 7.61. The Morgan fingerprint density at radius 3 is 2.09 bits per heavy atom. The number of carboxylic acids is 1. The normalized spacial score (nSPS) is 15.7. The van der Waals surface area contributed by atoms with Crippen molar-refractivity contribution in [2.45, 2.75) is 13.0 Å². The molecule has 160 valence electrons. The highest BCUT2D eigenvalue weighted by atomic mass is 16.4. The lowest BCUT2D eigenvalue weighted by Crippen LogP contribution is -2.36. The molecule has 0 fully saturated rings. The van der Waals surface area contributed by atoms with Crippen LogP contribution in [0, 0.1) is 6.92 Å². The molecule has 3 aromatic rings. The minimum Gasteiger partial charge on any atom is -0.480 e. The molecule has 6 nitrogen and oxygen atoms in total. The number of carbonyl (C=O) groups is 3. The average molecular weight is 426 g/mol. The van der Waals surface area contributed by atoms with Crippen LogP contribution >= 0.6 is 0 Å². The lowest BCUT2D eigenvalue weighted by Gasteiger charge is -2.25. The predicted octanol–water partition coefficient (Wildman–Crippen LogP) is 4.21. The first kappa shape index (κ1) is 21.1. The summed E-state index contributed by atoms with van der Waals surface area (Å²) in [5, 5.41) is 12.6. The van der Waals surface area contributed by atoms with E-state index >= 15 is 0 Å². The first-order valence-corrected chi connectivity index (χ1v) is 10.2. The van der Waals surface area contributed by atoms with Crippen molar-refractivity contribution in [2.24, 2.45) is 0 Å². The monoisotopic (exact) mass is 426 g/mol. The van der Waals surface area contributed by atoms with Crippen LogP contribution in [0.15, 0.2) is 96.2 Å². The average Bonchev–Trinajstić information content (AvgIpc) is 3.07. The van der Waals surface area contributed by atoms with Crippen molar-refractivity contribution < 1.29 is 19.5 Å². The number of aryl methyl sites for hydroxylation is 1. The first-order chi connectivity index (χ1) is 15.5. The molecular formula is C26H22N2O4. The largest absolute Gasteiger partial charge is 0.480 e. The molecule has 3 aromatic carbocycles. The number of nitrogens with zero attached hydrogens (tertiary/aromatic N) is 1. The van der Waals surface area contributed by atoms with E-state index < -0.39 is 24.5 Å². The van der Waals surface area contributed by atoms with Gasteiger partial charge in [0.25, 0.3) is 5.91 Å². The molecule has 1 unspecified atom stereocenters. The zero-order chi connectivity index (χ0) is 22.7. The summed E-state index contributed by atoms with van der Waals surface area (Å²) >= 11 is 0. The van der Waals surface area contributed by atoms with Crippen molar-refractivity contribution >= 4 is 23.3 Å². The van der Waals surface area contributed by atoms with Gasteiger partial charge in [-0.15, -0.1) is 0 Å². The minimum atomic E-state index is -1.15. The lowest BCUT2D eigenvalue weighted by atomic mass is 9.92. The van der Waals surface area contributed by atoms with Crippen LogP contribution in [0.4, 0.5) is 5.69 Å². The summed E-state index contributed by atoms with van der Waals surface area (Å²) < 4.78 is 0. The van der Waals surface area contributed by atoms with Crippen molar-refractivity contribution in [3.8, 4) is 0 Å². The van der Waals surface area contributed by atoms with Crippen molar-refractivity contribution in [3.05, 3.63) is 113 Å². The maximum Gasteiger partial charge on any atom is 0.323 e. The Bertz CT molecular complexity index is 1190. The Morgan fingerprint density at radius 2 is 1.50 bits per heavy atom. The summed E-state index contributed by atoms with van der Waals surface area (Å²) in [5.41, 5.74) is 3.12. The Balaban J connectivity index is 1.89. The van der Waals surface area contributed by atoms with Gasteiger partial charge in [-0.2, -0.15) is 0 Å². The number of aliphatic carboxylic acids is 1. The van der Waals surface area contributed by atoms with E-state index in [2.05, 4.69) is 5.32 Å². The molecule has 2 N–H and O–H groups in total. The van der Waals surface area contributed by atoms with Crippen molar-refractivity contribution in [2.75, 3.05) is 11.9 Å². The van der Waals surface area contributed by atoms with Crippen LogP contribution in [-0.4, -0.2) is 34.2 Å². The third-order valence-corrected chi connectivity index (χ3v) is 5.35. The molecule has 4 rings (SSSR count). The number of hydrogen-bond donors (Lipinski definition) is 2. The van der Waals surface area contributed by atoms with Crippen molar-refractivity contribution in [1.29, 1.82) is 0 Å².